The van der Waals surface area contributed by atoms with E-state index in [0.717, 1.165) is 0 Å². The Bertz CT molecular complexity index is 1130. The second-order valence-corrected chi connectivity index (χ2v) is 8.20. The Morgan fingerprint density at radius 3 is 2.48 bits per heavy atom. The highest BCUT2D eigenvalue weighted by molar-refractivity contribution is 6.30. The summed E-state index contributed by atoms with van der Waals surface area (Å²) in [4.78, 5) is 23.7. The van der Waals surface area contributed by atoms with Gasteiger partial charge in [-0.15, -0.1) is 0 Å². The normalized spacial score (nSPS) is 12.2. The molecule has 174 valence electrons. The van der Waals surface area contributed by atoms with Crippen molar-refractivity contribution in [1.82, 2.24) is 15.6 Å². The highest BCUT2D eigenvalue weighted by Crippen LogP contribution is 2.26. The number of hydrogen-bond acceptors (Lipinski definition) is 6. The average Bonchev–Trinajstić information content (AvgIpc) is 3.27. The standard InChI is InChI=1S/C23H23ClFN3O5/c1-13(2)19-10-21(33-27-19)22(30)26-28(12-20(29)23(31)32)11-14-3-5-15(6-4-14)17-9-16(24)7-8-18(17)25/h3-10,13,20,29H,11-12H2,1-2H3,(H,26,30)(H,31,32). The second-order valence-electron chi connectivity index (χ2n) is 7.77. The van der Waals surface area contributed by atoms with Gasteiger partial charge in [0.15, 0.2) is 6.10 Å². The Hall–Kier alpha value is -3.27. The number of nitrogens with one attached hydrogen (secondary N) is 1. The summed E-state index contributed by atoms with van der Waals surface area (Å²) in [6.45, 7) is 3.48. The number of rotatable bonds is 9. The van der Waals surface area contributed by atoms with Crippen LogP contribution in [-0.4, -0.2) is 44.9 Å². The van der Waals surface area contributed by atoms with Gasteiger partial charge in [-0.05, 0) is 35.2 Å². The number of aliphatic carboxylic acids is 1. The Balaban J connectivity index is 1.77. The smallest absolute Gasteiger partial charge is 0.333 e. The van der Waals surface area contributed by atoms with E-state index in [0.29, 0.717) is 27.4 Å². The van der Waals surface area contributed by atoms with Crippen molar-refractivity contribution >= 4 is 23.5 Å². The molecular formula is C23H23ClFN3O5. The summed E-state index contributed by atoms with van der Waals surface area (Å²) < 4.78 is 19.2. The molecule has 1 aromatic heterocycles. The van der Waals surface area contributed by atoms with Crippen LogP contribution in [0.2, 0.25) is 5.02 Å². The summed E-state index contributed by atoms with van der Waals surface area (Å²) in [6.07, 6.45) is -1.73. The first-order valence-electron chi connectivity index (χ1n) is 10.1. The number of aliphatic hydroxyl groups is 1. The maximum absolute atomic E-state index is 14.1. The molecule has 0 saturated carbocycles. The van der Waals surface area contributed by atoms with Crippen LogP contribution in [0.25, 0.3) is 11.1 Å². The van der Waals surface area contributed by atoms with Crippen LogP contribution in [0, 0.1) is 5.82 Å². The summed E-state index contributed by atoms with van der Waals surface area (Å²) in [5.41, 5.74) is 4.76. The molecule has 0 aliphatic heterocycles. The first-order valence-corrected chi connectivity index (χ1v) is 10.5. The fourth-order valence-corrected chi connectivity index (χ4v) is 3.20. The van der Waals surface area contributed by atoms with Crippen LogP contribution in [0.1, 0.15) is 41.6 Å². The minimum atomic E-state index is -1.73. The number of hydrazine groups is 1. The lowest BCUT2D eigenvalue weighted by atomic mass is 10.0. The molecule has 1 heterocycles. The quantitative estimate of drug-likeness (QED) is 0.402. The monoisotopic (exact) mass is 475 g/mol. The zero-order chi connectivity index (χ0) is 24.1. The van der Waals surface area contributed by atoms with E-state index >= 15 is 0 Å². The molecule has 1 unspecified atom stereocenters. The van der Waals surface area contributed by atoms with Gasteiger partial charge in [0.2, 0.25) is 5.76 Å². The van der Waals surface area contributed by atoms with Crippen molar-refractivity contribution in [2.45, 2.75) is 32.4 Å². The summed E-state index contributed by atoms with van der Waals surface area (Å²) >= 11 is 5.96. The van der Waals surface area contributed by atoms with E-state index in [-0.39, 0.29) is 24.8 Å². The second kappa shape index (κ2) is 10.6. The zero-order valence-electron chi connectivity index (χ0n) is 18.0. The molecule has 0 spiro atoms. The minimum absolute atomic E-state index is 0.0414. The van der Waals surface area contributed by atoms with Crippen LogP contribution in [0.5, 0.6) is 0 Å². The first-order chi connectivity index (χ1) is 15.6. The van der Waals surface area contributed by atoms with Gasteiger partial charge < -0.3 is 14.7 Å². The van der Waals surface area contributed by atoms with Crippen molar-refractivity contribution in [3.63, 3.8) is 0 Å². The zero-order valence-corrected chi connectivity index (χ0v) is 18.7. The predicted molar refractivity (Wildman–Crippen MR) is 119 cm³/mol. The molecule has 2 aromatic carbocycles. The molecule has 1 atom stereocenters. The van der Waals surface area contributed by atoms with Crippen molar-refractivity contribution in [3.8, 4) is 11.1 Å². The molecule has 1 amide bonds. The maximum atomic E-state index is 14.1. The van der Waals surface area contributed by atoms with Gasteiger partial charge in [0.1, 0.15) is 5.82 Å². The van der Waals surface area contributed by atoms with Crippen LogP contribution >= 0.6 is 11.6 Å². The van der Waals surface area contributed by atoms with Gasteiger partial charge in [0, 0.05) is 23.2 Å². The number of aliphatic hydroxyl groups excluding tert-OH is 1. The summed E-state index contributed by atoms with van der Waals surface area (Å²) in [7, 11) is 0. The van der Waals surface area contributed by atoms with Crippen molar-refractivity contribution in [2.75, 3.05) is 6.54 Å². The molecule has 8 nitrogen and oxygen atoms in total. The van der Waals surface area contributed by atoms with Crippen molar-refractivity contribution in [3.05, 3.63) is 76.4 Å². The number of carbonyl (C=O) groups excluding carboxylic acids is 1. The molecule has 0 bridgehead atoms. The first kappa shape index (κ1) is 24.4. The third-order valence-electron chi connectivity index (χ3n) is 4.85. The molecular weight excluding hydrogens is 453 g/mol. The van der Waals surface area contributed by atoms with E-state index in [1.54, 1.807) is 24.3 Å². The third-order valence-corrected chi connectivity index (χ3v) is 5.08. The number of halogens is 2. The van der Waals surface area contributed by atoms with E-state index in [9.17, 15) is 19.1 Å². The van der Waals surface area contributed by atoms with Crippen LogP contribution in [0.4, 0.5) is 4.39 Å². The molecule has 0 aliphatic carbocycles. The Labute approximate surface area is 194 Å². The predicted octanol–water partition coefficient (Wildman–Crippen LogP) is 3.85. The Kier molecular flexibility index (Phi) is 7.80. The van der Waals surface area contributed by atoms with Crippen molar-refractivity contribution in [1.29, 1.82) is 0 Å². The van der Waals surface area contributed by atoms with E-state index < -0.39 is 23.8 Å². The number of carboxylic acids is 1. The molecule has 0 aliphatic rings. The maximum Gasteiger partial charge on any atom is 0.333 e. The lowest BCUT2D eigenvalue weighted by molar-refractivity contribution is -0.148. The van der Waals surface area contributed by atoms with Gasteiger partial charge in [0.25, 0.3) is 0 Å². The van der Waals surface area contributed by atoms with Gasteiger partial charge in [-0.2, -0.15) is 0 Å². The Morgan fingerprint density at radius 2 is 1.88 bits per heavy atom. The number of benzene rings is 2. The molecule has 10 heteroatoms. The van der Waals surface area contributed by atoms with Crippen molar-refractivity contribution < 1.29 is 28.7 Å². The van der Waals surface area contributed by atoms with Crippen LogP contribution < -0.4 is 5.43 Å². The number of amides is 1. The van der Waals surface area contributed by atoms with Crippen LogP contribution in [0.3, 0.4) is 0 Å². The number of nitrogens with zero attached hydrogens (tertiary/aromatic N) is 2. The van der Waals surface area contributed by atoms with Gasteiger partial charge >= 0.3 is 11.9 Å². The fourth-order valence-electron chi connectivity index (χ4n) is 3.03. The van der Waals surface area contributed by atoms with E-state index in [4.69, 9.17) is 21.2 Å². The lowest BCUT2D eigenvalue weighted by Crippen LogP contribution is -2.47. The molecule has 33 heavy (non-hydrogen) atoms. The lowest BCUT2D eigenvalue weighted by Gasteiger charge is -2.24. The van der Waals surface area contributed by atoms with E-state index in [2.05, 4.69) is 10.6 Å². The highest BCUT2D eigenvalue weighted by atomic mass is 35.5. The average molecular weight is 476 g/mol. The van der Waals surface area contributed by atoms with Crippen LogP contribution in [-0.2, 0) is 11.3 Å². The van der Waals surface area contributed by atoms with Gasteiger partial charge in [-0.1, -0.05) is 54.9 Å². The number of carboxylic acid groups (broad SMARTS) is 1. The summed E-state index contributed by atoms with van der Waals surface area (Å²) in [6, 6.07) is 12.5. The molecule has 0 fully saturated rings. The van der Waals surface area contributed by atoms with E-state index in [1.807, 2.05) is 13.8 Å². The highest BCUT2D eigenvalue weighted by Gasteiger charge is 2.22. The Morgan fingerprint density at radius 1 is 1.18 bits per heavy atom. The SMILES string of the molecule is CC(C)c1cc(C(=O)NN(Cc2ccc(-c3cc(Cl)ccc3F)cc2)CC(O)C(=O)O)on1. The number of hydrogen-bond donors (Lipinski definition) is 3. The third kappa shape index (κ3) is 6.38. The molecule has 3 N–H and O–H groups in total. The fraction of sp³-hybridized carbons (Fsp3) is 0.261. The molecule has 3 aromatic rings. The molecule has 0 radical (unpaired) electrons. The summed E-state index contributed by atoms with van der Waals surface area (Å²) in [5.74, 6) is -2.46. The van der Waals surface area contributed by atoms with Crippen LogP contribution in [0.15, 0.2) is 53.1 Å². The summed E-state index contributed by atoms with van der Waals surface area (Å²) in [5, 5.41) is 24.4. The minimum Gasteiger partial charge on any atom is -0.479 e. The number of aromatic nitrogens is 1. The largest absolute Gasteiger partial charge is 0.479 e. The van der Waals surface area contributed by atoms with E-state index in [1.165, 1.54) is 29.3 Å². The molecule has 0 saturated heterocycles. The topological polar surface area (TPSA) is 116 Å². The van der Waals surface area contributed by atoms with Gasteiger partial charge in [-0.3, -0.25) is 10.2 Å². The van der Waals surface area contributed by atoms with Gasteiger partial charge in [-0.25, -0.2) is 14.2 Å². The number of carbonyl (C=O) groups is 2. The molecule has 3 rings (SSSR count). The van der Waals surface area contributed by atoms with Crippen molar-refractivity contribution in [2.24, 2.45) is 0 Å². The van der Waals surface area contributed by atoms with Gasteiger partial charge in [0.05, 0.1) is 12.2 Å².